The fraction of sp³-hybridized carbons (Fsp3) is 0.571. The number of benzene rings is 1. The van der Waals surface area contributed by atoms with Crippen LogP contribution in [0.15, 0.2) is 30.3 Å². The first kappa shape index (κ1) is 11.8. The van der Waals surface area contributed by atoms with Crippen LogP contribution in [-0.4, -0.2) is 5.66 Å². The molecule has 1 nitrogen and oxygen atoms in total. The van der Waals surface area contributed by atoms with E-state index in [1.165, 1.54) is 32.1 Å². The summed E-state index contributed by atoms with van der Waals surface area (Å²) in [6.07, 6.45) is 6.56. The summed E-state index contributed by atoms with van der Waals surface area (Å²) in [5.41, 5.74) is 0.345. The van der Waals surface area contributed by atoms with Crippen LogP contribution >= 0.6 is 7.80 Å². The van der Waals surface area contributed by atoms with Crippen LogP contribution in [-0.2, 0) is 4.57 Å². The Balaban J connectivity index is 2.04. The summed E-state index contributed by atoms with van der Waals surface area (Å²) in [6.45, 7) is 2.17. The molecule has 86 valence electrons. The van der Waals surface area contributed by atoms with Crippen molar-refractivity contribution in [3.8, 4) is 0 Å². The molecule has 0 aliphatic heterocycles. The minimum absolute atomic E-state index is 0.345. The molecule has 1 aliphatic carbocycles. The van der Waals surface area contributed by atoms with E-state index < -0.39 is 7.80 Å². The maximum absolute atomic E-state index is 12.4. The standard InChI is InChI=1S/C14H20OP/c1-12(13-8-4-2-5-9-13)16(15)14-10-6-3-7-11-14/h3,6-7,10-13H,2,4-5,8-9H2,1H3/q+1. The first-order valence-corrected chi connectivity index (χ1v) is 7.63. The molecule has 0 bridgehead atoms. The van der Waals surface area contributed by atoms with Gasteiger partial charge in [0.05, 0.1) is 0 Å². The molecule has 2 unspecified atom stereocenters. The van der Waals surface area contributed by atoms with E-state index in [4.69, 9.17) is 0 Å². The predicted molar refractivity (Wildman–Crippen MR) is 69.7 cm³/mol. The van der Waals surface area contributed by atoms with Gasteiger partial charge in [0.1, 0.15) is 0 Å². The molecule has 0 heterocycles. The first-order chi connectivity index (χ1) is 7.79. The second kappa shape index (κ2) is 5.59. The van der Waals surface area contributed by atoms with E-state index in [0.29, 0.717) is 11.6 Å². The van der Waals surface area contributed by atoms with Crippen molar-refractivity contribution in [3.05, 3.63) is 30.3 Å². The Labute approximate surface area is 99.0 Å². The minimum Gasteiger partial charge on any atom is -0.0678 e. The third kappa shape index (κ3) is 2.71. The Kier molecular flexibility index (Phi) is 4.12. The topological polar surface area (TPSA) is 17.1 Å². The maximum atomic E-state index is 12.4. The van der Waals surface area contributed by atoms with Crippen LogP contribution in [0.25, 0.3) is 0 Å². The van der Waals surface area contributed by atoms with Crippen LogP contribution < -0.4 is 5.30 Å². The van der Waals surface area contributed by atoms with E-state index in [1.54, 1.807) is 0 Å². The van der Waals surface area contributed by atoms with E-state index in [9.17, 15) is 4.57 Å². The van der Waals surface area contributed by atoms with E-state index in [0.717, 1.165) is 5.30 Å². The SMILES string of the molecule is CC(C1CCCCC1)[P+](=O)c1ccccc1. The molecular weight excluding hydrogens is 215 g/mol. The lowest BCUT2D eigenvalue weighted by molar-refractivity contribution is 0.351. The van der Waals surface area contributed by atoms with E-state index in [1.807, 2.05) is 30.3 Å². The van der Waals surface area contributed by atoms with Gasteiger partial charge in [0, 0.05) is 5.92 Å². The van der Waals surface area contributed by atoms with E-state index in [-0.39, 0.29) is 0 Å². The molecule has 1 saturated carbocycles. The third-order valence-corrected chi connectivity index (χ3v) is 5.68. The van der Waals surface area contributed by atoms with Crippen molar-refractivity contribution < 1.29 is 4.57 Å². The van der Waals surface area contributed by atoms with Crippen LogP contribution in [0.3, 0.4) is 0 Å². The highest BCUT2D eigenvalue weighted by Gasteiger charge is 2.35. The Morgan fingerprint density at radius 1 is 1.12 bits per heavy atom. The highest BCUT2D eigenvalue weighted by molar-refractivity contribution is 7.54. The number of hydrogen-bond donors (Lipinski definition) is 0. The van der Waals surface area contributed by atoms with Crippen molar-refractivity contribution in [2.75, 3.05) is 0 Å². The van der Waals surface area contributed by atoms with Gasteiger partial charge in [0.25, 0.3) is 0 Å². The van der Waals surface area contributed by atoms with Gasteiger partial charge in [0.2, 0.25) is 0 Å². The first-order valence-electron chi connectivity index (χ1n) is 6.30. The lowest BCUT2D eigenvalue weighted by Gasteiger charge is -2.21. The highest BCUT2D eigenvalue weighted by Crippen LogP contribution is 2.39. The van der Waals surface area contributed by atoms with Crippen molar-refractivity contribution in [2.45, 2.75) is 44.7 Å². The summed E-state index contributed by atoms with van der Waals surface area (Å²) >= 11 is 0. The normalized spacial score (nSPS) is 20.4. The summed E-state index contributed by atoms with van der Waals surface area (Å²) in [5.74, 6) is 0.678. The summed E-state index contributed by atoms with van der Waals surface area (Å²) in [7, 11) is -1.21. The van der Waals surface area contributed by atoms with Gasteiger partial charge in [-0.15, -0.1) is 0 Å². The van der Waals surface area contributed by atoms with Gasteiger partial charge in [0.15, 0.2) is 11.0 Å². The molecule has 1 aromatic rings. The van der Waals surface area contributed by atoms with Gasteiger partial charge >= 0.3 is 7.80 Å². The van der Waals surface area contributed by atoms with Gasteiger partial charge < -0.3 is 0 Å². The lowest BCUT2D eigenvalue weighted by atomic mass is 9.87. The van der Waals surface area contributed by atoms with Crippen LogP contribution in [0.4, 0.5) is 0 Å². The fourth-order valence-electron chi connectivity index (χ4n) is 2.62. The molecule has 2 atom stereocenters. The van der Waals surface area contributed by atoms with E-state index >= 15 is 0 Å². The van der Waals surface area contributed by atoms with Crippen molar-refractivity contribution in [3.63, 3.8) is 0 Å². The van der Waals surface area contributed by atoms with Gasteiger partial charge in [-0.05, 0) is 31.9 Å². The molecule has 0 saturated heterocycles. The average molecular weight is 235 g/mol. The van der Waals surface area contributed by atoms with Crippen molar-refractivity contribution in [1.82, 2.24) is 0 Å². The van der Waals surface area contributed by atoms with Crippen molar-refractivity contribution >= 4 is 13.1 Å². The van der Waals surface area contributed by atoms with Crippen LogP contribution in [0.2, 0.25) is 0 Å². The molecular formula is C14H20OP+. The van der Waals surface area contributed by atoms with Crippen LogP contribution in [0, 0.1) is 5.92 Å². The summed E-state index contributed by atoms with van der Waals surface area (Å²) < 4.78 is 12.4. The monoisotopic (exact) mass is 235 g/mol. The quantitative estimate of drug-likeness (QED) is 0.720. The molecule has 0 aromatic heterocycles. The molecule has 2 heteroatoms. The molecule has 0 spiro atoms. The second-order valence-corrected chi connectivity index (χ2v) is 6.78. The Morgan fingerprint density at radius 2 is 1.75 bits per heavy atom. The van der Waals surface area contributed by atoms with Crippen molar-refractivity contribution in [1.29, 1.82) is 0 Å². The Morgan fingerprint density at radius 3 is 2.38 bits per heavy atom. The molecule has 1 fully saturated rings. The number of rotatable bonds is 3. The van der Waals surface area contributed by atoms with Crippen LogP contribution in [0.5, 0.6) is 0 Å². The summed E-state index contributed by atoms with van der Waals surface area (Å²) in [4.78, 5) is 0. The van der Waals surface area contributed by atoms with Crippen LogP contribution in [0.1, 0.15) is 39.0 Å². The second-order valence-electron chi connectivity index (χ2n) is 4.80. The highest BCUT2D eigenvalue weighted by atomic mass is 31.1. The third-order valence-electron chi connectivity index (χ3n) is 3.71. The molecule has 16 heavy (non-hydrogen) atoms. The smallest absolute Gasteiger partial charge is 0.0678 e. The zero-order valence-electron chi connectivity index (χ0n) is 9.93. The molecule has 0 radical (unpaired) electrons. The summed E-state index contributed by atoms with van der Waals surface area (Å²) in [6, 6.07) is 9.94. The van der Waals surface area contributed by atoms with Gasteiger partial charge in [-0.25, -0.2) is 0 Å². The van der Waals surface area contributed by atoms with Crippen molar-refractivity contribution in [2.24, 2.45) is 5.92 Å². The molecule has 1 aliphatic rings. The summed E-state index contributed by atoms with van der Waals surface area (Å²) in [5, 5.41) is 1.02. The average Bonchev–Trinajstić information content (AvgIpc) is 2.39. The number of hydrogen-bond acceptors (Lipinski definition) is 1. The zero-order chi connectivity index (χ0) is 11.4. The Hall–Kier alpha value is -0.680. The largest absolute Gasteiger partial charge is 0.379 e. The lowest BCUT2D eigenvalue weighted by Crippen LogP contribution is -2.19. The molecule has 0 N–H and O–H groups in total. The predicted octanol–water partition coefficient (Wildman–Crippen LogP) is 4.11. The molecule has 0 amide bonds. The fourth-order valence-corrected chi connectivity index (χ4v) is 4.24. The van der Waals surface area contributed by atoms with Gasteiger partial charge in [-0.3, -0.25) is 0 Å². The van der Waals surface area contributed by atoms with E-state index in [2.05, 4.69) is 6.92 Å². The maximum Gasteiger partial charge on any atom is 0.379 e. The van der Waals surface area contributed by atoms with Gasteiger partial charge in [-0.1, -0.05) is 42.0 Å². The minimum atomic E-state index is -1.21. The Bertz CT molecular complexity index is 341. The van der Waals surface area contributed by atoms with Gasteiger partial charge in [-0.2, -0.15) is 0 Å². The zero-order valence-corrected chi connectivity index (χ0v) is 10.8. The molecule has 2 rings (SSSR count). The molecule has 1 aromatic carbocycles.